The molecule has 1 unspecified atom stereocenters. The van der Waals surface area contributed by atoms with E-state index < -0.39 is 12.1 Å². The Balaban J connectivity index is 2.15. The highest BCUT2D eigenvalue weighted by atomic mass is 79.9. The first-order valence-corrected chi connectivity index (χ1v) is 8.52. The van der Waals surface area contributed by atoms with Crippen LogP contribution in [0, 0.1) is 22.7 Å². The van der Waals surface area contributed by atoms with E-state index in [1.54, 1.807) is 38.1 Å². The van der Waals surface area contributed by atoms with E-state index in [0.717, 1.165) is 0 Å². The Hall–Kier alpha value is -3.03. The Morgan fingerprint density at radius 2 is 1.81 bits per heavy atom. The summed E-state index contributed by atoms with van der Waals surface area (Å²) < 4.78 is 16.8. The second-order valence-electron chi connectivity index (χ2n) is 5.15. The topological polar surface area (TPSA) is 92.3 Å². The molecular weight excluding hydrogens is 400 g/mol. The van der Waals surface area contributed by atoms with Crippen LogP contribution >= 0.6 is 15.9 Å². The normalized spacial score (nSPS) is 11.0. The summed E-state index contributed by atoms with van der Waals surface area (Å²) in [5.41, 5.74) is 0.873. The number of carbonyl (C=O) groups excluding carboxylic acids is 1. The van der Waals surface area contributed by atoms with Gasteiger partial charge in [0.15, 0.2) is 17.6 Å². The van der Waals surface area contributed by atoms with Gasteiger partial charge in [0.25, 0.3) is 0 Å². The summed E-state index contributed by atoms with van der Waals surface area (Å²) >= 11 is 3.29. The monoisotopic (exact) mass is 414 g/mol. The molecule has 2 aromatic rings. The number of halogens is 1. The quantitative estimate of drug-likeness (QED) is 0.524. The smallest absolute Gasteiger partial charge is 0.352 e. The fourth-order valence-corrected chi connectivity index (χ4v) is 2.56. The van der Waals surface area contributed by atoms with Gasteiger partial charge in [-0.1, -0.05) is 0 Å². The van der Waals surface area contributed by atoms with Gasteiger partial charge in [-0.05, 0) is 60.1 Å². The Bertz CT molecular complexity index is 882. The van der Waals surface area contributed by atoms with Crippen molar-refractivity contribution in [1.29, 1.82) is 10.5 Å². The van der Waals surface area contributed by atoms with Crippen molar-refractivity contribution in [3.8, 4) is 29.4 Å². The molecule has 0 fully saturated rings. The molecule has 6 nitrogen and oxygen atoms in total. The van der Waals surface area contributed by atoms with Crippen LogP contribution < -0.4 is 14.2 Å². The number of esters is 1. The van der Waals surface area contributed by atoms with Gasteiger partial charge in [-0.15, -0.1) is 0 Å². The third-order valence-corrected chi connectivity index (χ3v) is 3.86. The Kier molecular flexibility index (Phi) is 6.60. The maximum absolute atomic E-state index is 12.4. The van der Waals surface area contributed by atoms with E-state index in [0.29, 0.717) is 28.0 Å². The summed E-state index contributed by atoms with van der Waals surface area (Å²) in [5, 5.41) is 17.8. The lowest BCUT2D eigenvalue weighted by Gasteiger charge is -2.16. The van der Waals surface area contributed by atoms with Gasteiger partial charge in [-0.3, -0.25) is 0 Å². The van der Waals surface area contributed by atoms with Crippen molar-refractivity contribution >= 4 is 21.9 Å². The zero-order chi connectivity index (χ0) is 19.1. The minimum absolute atomic E-state index is 0.186. The lowest BCUT2D eigenvalue weighted by Crippen LogP contribution is -2.28. The number of benzene rings is 2. The van der Waals surface area contributed by atoms with Crippen LogP contribution in [0.3, 0.4) is 0 Å². The predicted octanol–water partition coefficient (Wildman–Crippen LogP) is 3.96. The fraction of sp³-hybridized carbons (Fsp3) is 0.211. The first kappa shape index (κ1) is 19.3. The van der Waals surface area contributed by atoms with Gasteiger partial charge in [0.05, 0.1) is 34.3 Å². The molecule has 0 aliphatic rings. The summed E-state index contributed by atoms with van der Waals surface area (Å²) in [5.74, 6) is 0.293. The van der Waals surface area contributed by atoms with E-state index in [-0.39, 0.29) is 11.5 Å². The molecule has 0 aliphatic carbocycles. The van der Waals surface area contributed by atoms with Crippen molar-refractivity contribution in [3.05, 3.63) is 52.0 Å². The zero-order valence-electron chi connectivity index (χ0n) is 14.2. The van der Waals surface area contributed by atoms with Gasteiger partial charge in [-0.2, -0.15) is 10.5 Å². The lowest BCUT2D eigenvalue weighted by molar-refractivity contribution is -0.141. The van der Waals surface area contributed by atoms with Crippen LogP contribution in [0.15, 0.2) is 40.9 Å². The minimum atomic E-state index is -0.889. The molecule has 0 N–H and O–H groups in total. The highest BCUT2D eigenvalue weighted by Crippen LogP contribution is 2.37. The van der Waals surface area contributed by atoms with Gasteiger partial charge in [0, 0.05) is 6.07 Å². The van der Waals surface area contributed by atoms with Gasteiger partial charge in [-0.25, -0.2) is 4.79 Å². The van der Waals surface area contributed by atoms with E-state index in [9.17, 15) is 4.79 Å². The second-order valence-corrected chi connectivity index (χ2v) is 6.00. The molecule has 0 saturated carbocycles. The molecule has 0 spiro atoms. The first-order chi connectivity index (χ1) is 12.5. The molecule has 132 valence electrons. The molecule has 0 amide bonds. The van der Waals surface area contributed by atoms with Crippen LogP contribution in [0.25, 0.3) is 0 Å². The number of rotatable bonds is 6. The van der Waals surface area contributed by atoms with Crippen molar-refractivity contribution in [2.45, 2.75) is 20.0 Å². The average Bonchev–Trinajstić information content (AvgIpc) is 2.64. The molecular formula is C19H15BrN2O4. The maximum Gasteiger partial charge on any atom is 0.352 e. The van der Waals surface area contributed by atoms with Crippen LogP contribution in [0.5, 0.6) is 17.2 Å². The average molecular weight is 415 g/mol. The summed E-state index contributed by atoms with van der Waals surface area (Å²) in [6.45, 7) is 3.69. The molecule has 7 heteroatoms. The number of hydrogen-bond donors (Lipinski definition) is 0. The molecule has 0 saturated heterocycles. The van der Waals surface area contributed by atoms with Crippen LogP contribution in [-0.2, 0) is 4.79 Å². The molecule has 0 aromatic heterocycles. The molecule has 26 heavy (non-hydrogen) atoms. The molecule has 0 heterocycles. The third kappa shape index (κ3) is 4.75. The lowest BCUT2D eigenvalue weighted by atomic mass is 10.2. The fourth-order valence-electron chi connectivity index (χ4n) is 2.04. The Labute approximate surface area is 159 Å². The minimum Gasteiger partial charge on any atom is -0.490 e. The maximum atomic E-state index is 12.4. The molecule has 1 atom stereocenters. The Morgan fingerprint density at radius 3 is 2.38 bits per heavy atom. The van der Waals surface area contributed by atoms with Crippen molar-refractivity contribution in [1.82, 2.24) is 0 Å². The number of hydrogen-bond acceptors (Lipinski definition) is 6. The van der Waals surface area contributed by atoms with Crippen LogP contribution in [0.4, 0.5) is 0 Å². The predicted molar refractivity (Wildman–Crippen MR) is 96.9 cm³/mol. The summed E-state index contributed by atoms with van der Waals surface area (Å²) in [6.07, 6.45) is -0.889. The van der Waals surface area contributed by atoms with Crippen LogP contribution in [0.2, 0.25) is 0 Å². The number of carbonyl (C=O) groups is 1. The SMILES string of the molecule is CCOc1cc(C#N)cc(Br)c1OC(=O)C(C)Oc1ccc(C#N)cc1. The van der Waals surface area contributed by atoms with Gasteiger partial charge in [0.1, 0.15) is 5.75 Å². The molecule has 0 bridgehead atoms. The highest BCUT2D eigenvalue weighted by molar-refractivity contribution is 9.10. The number of nitrogens with zero attached hydrogens (tertiary/aromatic N) is 2. The van der Waals surface area contributed by atoms with Crippen LogP contribution in [0.1, 0.15) is 25.0 Å². The van der Waals surface area contributed by atoms with Crippen molar-refractivity contribution in [2.24, 2.45) is 0 Å². The molecule has 2 aromatic carbocycles. The highest BCUT2D eigenvalue weighted by Gasteiger charge is 2.22. The van der Waals surface area contributed by atoms with Gasteiger partial charge in [0.2, 0.25) is 0 Å². The van der Waals surface area contributed by atoms with E-state index in [1.165, 1.54) is 12.1 Å². The van der Waals surface area contributed by atoms with Gasteiger partial charge >= 0.3 is 5.97 Å². The summed E-state index contributed by atoms with van der Waals surface area (Å²) in [4.78, 5) is 12.4. The number of ether oxygens (including phenoxy) is 3. The third-order valence-electron chi connectivity index (χ3n) is 3.27. The van der Waals surface area contributed by atoms with Crippen molar-refractivity contribution < 1.29 is 19.0 Å². The van der Waals surface area contributed by atoms with Crippen LogP contribution in [-0.4, -0.2) is 18.7 Å². The number of nitriles is 2. The largest absolute Gasteiger partial charge is 0.490 e. The zero-order valence-corrected chi connectivity index (χ0v) is 15.7. The summed E-state index contributed by atoms with van der Waals surface area (Å²) in [7, 11) is 0. The van der Waals surface area contributed by atoms with E-state index in [4.69, 9.17) is 24.7 Å². The molecule has 0 radical (unpaired) electrons. The van der Waals surface area contributed by atoms with E-state index >= 15 is 0 Å². The van der Waals surface area contributed by atoms with E-state index in [1.807, 2.05) is 12.1 Å². The van der Waals surface area contributed by atoms with Crippen molar-refractivity contribution in [3.63, 3.8) is 0 Å². The second kappa shape index (κ2) is 8.89. The van der Waals surface area contributed by atoms with E-state index in [2.05, 4.69) is 15.9 Å². The van der Waals surface area contributed by atoms with Crippen molar-refractivity contribution in [2.75, 3.05) is 6.61 Å². The Morgan fingerprint density at radius 1 is 1.15 bits per heavy atom. The standard InChI is InChI=1S/C19H15BrN2O4/c1-3-24-17-9-14(11-22)8-16(20)18(17)26-19(23)12(2)25-15-6-4-13(10-21)5-7-15/h4-9,12H,3H2,1-2H3. The molecule has 0 aliphatic heterocycles. The van der Waals surface area contributed by atoms with Gasteiger partial charge < -0.3 is 14.2 Å². The summed E-state index contributed by atoms with van der Waals surface area (Å²) in [6, 6.07) is 13.5. The first-order valence-electron chi connectivity index (χ1n) is 7.73. The molecule has 2 rings (SSSR count).